The van der Waals surface area contributed by atoms with E-state index in [1.807, 2.05) is 32.0 Å². The van der Waals surface area contributed by atoms with Crippen LogP contribution >= 0.6 is 0 Å². The average molecular weight is 285 g/mol. The van der Waals surface area contributed by atoms with Gasteiger partial charge in [-0.1, -0.05) is 18.2 Å². The molecule has 0 radical (unpaired) electrons. The van der Waals surface area contributed by atoms with Crippen molar-refractivity contribution in [3.8, 4) is 11.5 Å². The molecular weight excluding hydrogens is 266 g/mol. The number of benzene rings is 2. The smallest absolute Gasteiger partial charge is 0.255 e. The maximum atomic E-state index is 12.4. The quantitative estimate of drug-likeness (QED) is 0.934. The third-order valence-corrected chi connectivity index (χ3v) is 3.37. The summed E-state index contributed by atoms with van der Waals surface area (Å²) in [4.78, 5) is 12.4. The number of nitrogens with one attached hydrogen (secondary N) is 1. The highest BCUT2D eigenvalue weighted by Gasteiger charge is 2.12. The van der Waals surface area contributed by atoms with Crippen molar-refractivity contribution in [2.45, 2.75) is 13.8 Å². The van der Waals surface area contributed by atoms with Gasteiger partial charge in [0.1, 0.15) is 0 Å². The van der Waals surface area contributed by atoms with Gasteiger partial charge in [-0.3, -0.25) is 4.79 Å². The third kappa shape index (κ3) is 3.16. The van der Waals surface area contributed by atoms with Gasteiger partial charge in [0.2, 0.25) is 0 Å². The number of anilines is 1. The number of para-hydroxylation sites is 1. The second-order valence-corrected chi connectivity index (χ2v) is 4.79. The van der Waals surface area contributed by atoms with Crippen LogP contribution in [0.4, 0.5) is 5.69 Å². The maximum Gasteiger partial charge on any atom is 0.255 e. The van der Waals surface area contributed by atoms with Crippen LogP contribution in [0.2, 0.25) is 0 Å². The summed E-state index contributed by atoms with van der Waals surface area (Å²) in [6.07, 6.45) is 0. The van der Waals surface area contributed by atoms with Gasteiger partial charge in [-0.25, -0.2) is 0 Å². The van der Waals surface area contributed by atoms with Gasteiger partial charge in [-0.05, 0) is 43.2 Å². The Bertz CT molecular complexity index is 645. The monoisotopic (exact) mass is 285 g/mol. The molecule has 2 rings (SSSR count). The van der Waals surface area contributed by atoms with Gasteiger partial charge < -0.3 is 14.8 Å². The minimum atomic E-state index is -0.173. The van der Waals surface area contributed by atoms with Crippen molar-refractivity contribution in [2.75, 3.05) is 19.5 Å². The highest BCUT2D eigenvalue weighted by molar-refractivity contribution is 6.05. The van der Waals surface area contributed by atoms with E-state index in [4.69, 9.17) is 9.47 Å². The predicted molar refractivity (Wildman–Crippen MR) is 83.4 cm³/mol. The van der Waals surface area contributed by atoms with Crippen molar-refractivity contribution in [1.29, 1.82) is 0 Å². The molecule has 0 saturated carbocycles. The number of ether oxygens (including phenoxy) is 2. The van der Waals surface area contributed by atoms with E-state index in [1.165, 1.54) is 0 Å². The van der Waals surface area contributed by atoms with Gasteiger partial charge in [0.05, 0.1) is 14.2 Å². The predicted octanol–water partition coefficient (Wildman–Crippen LogP) is 3.57. The largest absolute Gasteiger partial charge is 0.493 e. The number of hydrogen-bond acceptors (Lipinski definition) is 3. The zero-order valence-electron chi connectivity index (χ0n) is 12.7. The van der Waals surface area contributed by atoms with E-state index in [9.17, 15) is 4.79 Å². The Labute approximate surface area is 124 Å². The van der Waals surface area contributed by atoms with Crippen LogP contribution in [-0.4, -0.2) is 20.1 Å². The summed E-state index contributed by atoms with van der Waals surface area (Å²) >= 11 is 0. The summed E-state index contributed by atoms with van der Waals surface area (Å²) in [6.45, 7) is 3.94. The Morgan fingerprint density at radius 1 is 0.952 bits per heavy atom. The molecule has 2 aromatic carbocycles. The minimum Gasteiger partial charge on any atom is -0.493 e. The lowest BCUT2D eigenvalue weighted by molar-refractivity contribution is 0.102. The standard InChI is InChI=1S/C17H19NO3/c1-11-6-5-7-12(2)16(11)18-17(19)13-8-9-14(20-3)15(10-13)21-4/h5-10H,1-4H3,(H,18,19). The molecule has 0 atom stereocenters. The Hall–Kier alpha value is -2.49. The van der Waals surface area contributed by atoms with Gasteiger partial charge in [0.25, 0.3) is 5.91 Å². The average Bonchev–Trinajstić information content (AvgIpc) is 2.50. The Morgan fingerprint density at radius 3 is 2.14 bits per heavy atom. The van der Waals surface area contributed by atoms with Crippen LogP contribution in [0.1, 0.15) is 21.5 Å². The fraction of sp³-hybridized carbons (Fsp3) is 0.235. The first-order valence-corrected chi connectivity index (χ1v) is 6.66. The molecule has 0 saturated heterocycles. The van der Waals surface area contributed by atoms with Crippen molar-refractivity contribution in [3.63, 3.8) is 0 Å². The number of carbonyl (C=O) groups is 1. The van der Waals surface area contributed by atoms with E-state index in [1.54, 1.807) is 32.4 Å². The molecule has 0 unspecified atom stereocenters. The van der Waals surface area contributed by atoms with Crippen LogP contribution < -0.4 is 14.8 Å². The molecular formula is C17H19NO3. The lowest BCUT2D eigenvalue weighted by Gasteiger charge is -2.13. The summed E-state index contributed by atoms with van der Waals surface area (Å²) in [7, 11) is 3.11. The molecule has 0 aliphatic carbocycles. The second-order valence-electron chi connectivity index (χ2n) is 4.79. The van der Waals surface area contributed by atoms with Crippen LogP contribution in [0.5, 0.6) is 11.5 Å². The highest BCUT2D eigenvalue weighted by Crippen LogP contribution is 2.28. The van der Waals surface area contributed by atoms with Crippen molar-refractivity contribution >= 4 is 11.6 Å². The topological polar surface area (TPSA) is 47.6 Å². The van der Waals surface area contributed by atoms with Gasteiger partial charge in [0, 0.05) is 11.3 Å². The minimum absolute atomic E-state index is 0.173. The molecule has 0 aliphatic heterocycles. The molecule has 4 heteroatoms. The van der Waals surface area contributed by atoms with Crippen LogP contribution in [-0.2, 0) is 0 Å². The molecule has 0 bridgehead atoms. The zero-order valence-corrected chi connectivity index (χ0v) is 12.7. The molecule has 0 heterocycles. The Balaban J connectivity index is 2.29. The SMILES string of the molecule is COc1ccc(C(=O)Nc2c(C)cccc2C)cc1OC. The first-order valence-electron chi connectivity index (χ1n) is 6.66. The van der Waals surface area contributed by atoms with Gasteiger partial charge in [0.15, 0.2) is 11.5 Å². The van der Waals surface area contributed by atoms with Crippen LogP contribution in [0.15, 0.2) is 36.4 Å². The number of rotatable bonds is 4. The molecule has 110 valence electrons. The molecule has 1 N–H and O–H groups in total. The normalized spacial score (nSPS) is 10.1. The Morgan fingerprint density at radius 2 is 1.57 bits per heavy atom. The Kier molecular flexibility index (Phi) is 4.48. The number of hydrogen-bond donors (Lipinski definition) is 1. The van der Waals surface area contributed by atoms with Crippen molar-refractivity contribution in [1.82, 2.24) is 0 Å². The summed E-state index contributed by atoms with van der Waals surface area (Å²) in [5.74, 6) is 0.959. The van der Waals surface area contributed by atoms with Crippen molar-refractivity contribution < 1.29 is 14.3 Å². The molecule has 0 aromatic heterocycles. The van der Waals surface area contributed by atoms with E-state index in [-0.39, 0.29) is 5.91 Å². The fourth-order valence-electron chi connectivity index (χ4n) is 2.17. The van der Waals surface area contributed by atoms with Crippen LogP contribution in [0.3, 0.4) is 0 Å². The molecule has 0 spiro atoms. The first-order chi connectivity index (χ1) is 10.1. The van der Waals surface area contributed by atoms with E-state index >= 15 is 0 Å². The van der Waals surface area contributed by atoms with Gasteiger partial charge in [-0.15, -0.1) is 0 Å². The lowest BCUT2D eigenvalue weighted by Crippen LogP contribution is -2.14. The maximum absolute atomic E-state index is 12.4. The fourth-order valence-corrected chi connectivity index (χ4v) is 2.17. The van der Waals surface area contributed by atoms with E-state index in [2.05, 4.69) is 5.32 Å². The summed E-state index contributed by atoms with van der Waals surface area (Å²) in [6, 6.07) is 11.0. The summed E-state index contributed by atoms with van der Waals surface area (Å²) in [5, 5.41) is 2.95. The van der Waals surface area contributed by atoms with Crippen LogP contribution in [0, 0.1) is 13.8 Å². The lowest BCUT2D eigenvalue weighted by atomic mass is 10.1. The molecule has 4 nitrogen and oxygen atoms in total. The van der Waals surface area contributed by atoms with E-state index < -0.39 is 0 Å². The van der Waals surface area contributed by atoms with Gasteiger partial charge >= 0.3 is 0 Å². The molecule has 21 heavy (non-hydrogen) atoms. The highest BCUT2D eigenvalue weighted by atomic mass is 16.5. The first kappa shape index (κ1) is 14.9. The number of carbonyl (C=O) groups excluding carboxylic acids is 1. The van der Waals surface area contributed by atoms with E-state index in [0.29, 0.717) is 17.1 Å². The van der Waals surface area contributed by atoms with Gasteiger partial charge in [-0.2, -0.15) is 0 Å². The number of amides is 1. The summed E-state index contributed by atoms with van der Waals surface area (Å²) < 4.78 is 10.4. The van der Waals surface area contributed by atoms with Crippen LogP contribution in [0.25, 0.3) is 0 Å². The number of aryl methyl sites for hydroxylation is 2. The summed E-state index contributed by atoms with van der Waals surface area (Å²) in [5.41, 5.74) is 3.43. The second kappa shape index (κ2) is 6.31. The zero-order chi connectivity index (χ0) is 15.4. The third-order valence-electron chi connectivity index (χ3n) is 3.37. The van der Waals surface area contributed by atoms with Crippen molar-refractivity contribution in [3.05, 3.63) is 53.1 Å². The molecule has 0 aliphatic rings. The molecule has 0 fully saturated rings. The molecule has 2 aromatic rings. The van der Waals surface area contributed by atoms with E-state index in [0.717, 1.165) is 16.8 Å². The number of methoxy groups -OCH3 is 2. The molecule has 1 amide bonds. The van der Waals surface area contributed by atoms with Crippen molar-refractivity contribution in [2.24, 2.45) is 0 Å².